The van der Waals surface area contributed by atoms with E-state index < -0.39 is 0 Å². The lowest BCUT2D eigenvalue weighted by Gasteiger charge is -2.27. The third kappa shape index (κ3) is 2.58. The van der Waals surface area contributed by atoms with Gasteiger partial charge in [-0.05, 0) is 44.0 Å². The van der Waals surface area contributed by atoms with Gasteiger partial charge < -0.3 is 9.47 Å². The molecule has 0 saturated heterocycles. The first kappa shape index (κ1) is 15.5. The number of hydrogen-bond donors (Lipinski definition) is 0. The number of halogens is 1. The highest BCUT2D eigenvalue weighted by atomic mass is 19.1. The summed E-state index contributed by atoms with van der Waals surface area (Å²) in [6, 6.07) is 11.7. The highest BCUT2D eigenvalue weighted by molar-refractivity contribution is 5.79. The van der Waals surface area contributed by atoms with Gasteiger partial charge in [0.05, 0.1) is 11.6 Å². The summed E-state index contributed by atoms with van der Waals surface area (Å²) in [6.07, 6.45) is 0. The van der Waals surface area contributed by atoms with Crippen LogP contribution in [-0.2, 0) is 7.05 Å². The molecule has 0 radical (unpaired) electrons. The molecule has 120 valence electrons. The smallest absolute Gasteiger partial charge is 0.206 e. The molecule has 1 aromatic heterocycles. The standard InChI is InChI=1S/C19H22FN3/c1-12-9-10-15(13(2)11-12)14(3)22(4)19-21-18-16(20)7-6-8-17(18)23(19)5/h6-11,14H,1-5H3. The van der Waals surface area contributed by atoms with Crippen molar-refractivity contribution in [3.63, 3.8) is 0 Å². The molecule has 0 amide bonds. The molecule has 0 saturated carbocycles. The number of rotatable bonds is 3. The number of aryl methyl sites for hydroxylation is 3. The minimum atomic E-state index is -0.281. The lowest BCUT2D eigenvalue weighted by molar-refractivity contribution is 0.637. The van der Waals surface area contributed by atoms with Gasteiger partial charge in [0, 0.05) is 14.1 Å². The van der Waals surface area contributed by atoms with E-state index in [2.05, 4.69) is 48.9 Å². The van der Waals surface area contributed by atoms with E-state index >= 15 is 0 Å². The molecule has 1 atom stereocenters. The van der Waals surface area contributed by atoms with Crippen LogP contribution in [0.5, 0.6) is 0 Å². The Hall–Kier alpha value is -2.36. The number of fused-ring (bicyclic) bond motifs is 1. The fourth-order valence-electron chi connectivity index (χ4n) is 3.16. The van der Waals surface area contributed by atoms with Crippen molar-refractivity contribution >= 4 is 17.0 Å². The van der Waals surface area contributed by atoms with Crippen molar-refractivity contribution < 1.29 is 4.39 Å². The van der Waals surface area contributed by atoms with Crippen molar-refractivity contribution in [1.82, 2.24) is 9.55 Å². The van der Waals surface area contributed by atoms with Gasteiger partial charge in [-0.3, -0.25) is 0 Å². The first-order chi connectivity index (χ1) is 10.9. The van der Waals surface area contributed by atoms with Gasteiger partial charge >= 0.3 is 0 Å². The second-order valence-corrected chi connectivity index (χ2v) is 6.23. The van der Waals surface area contributed by atoms with Crippen LogP contribution < -0.4 is 4.90 Å². The van der Waals surface area contributed by atoms with E-state index in [0.717, 1.165) is 11.5 Å². The highest BCUT2D eigenvalue weighted by Gasteiger charge is 2.20. The van der Waals surface area contributed by atoms with Crippen LogP contribution in [0.15, 0.2) is 36.4 Å². The lowest BCUT2D eigenvalue weighted by Crippen LogP contribution is -2.25. The summed E-state index contributed by atoms with van der Waals surface area (Å²) in [7, 11) is 3.93. The summed E-state index contributed by atoms with van der Waals surface area (Å²) < 4.78 is 15.9. The maximum Gasteiger partial charge on any atom is 0.206 e. The maximum atomic E-state index is 14.0. The third-order valence-electron chi connectivity index (χ3n) is 4.61. The summed E-state index contributed by atoms with van der Waals surface area (Å²) in [5.41, 5.74) is 5.00. The molecule has 3 nitrogen and oxygen atoms in total. The van der Waals surface area contributed by atoms with Gasteiger partial charge in [0.15, 0.2) is 5.82 Å². The van der Waals surface area contributed by atoms with Crippen LogP contribution in [0.3, 0.4) is 0 Å². The molecule has 2 aromatic carbocycles. The van der Waals surface area contributed by atoms with Crippen LogP contribution in [0, 0.1) is 19.7 Å². The van der Waals surface area contributed by atoms with E-state index in [1.807, 2.05) is 24.7 Å². The molecular formula is C19H22FN3. The van der Waals surface area contributed by atoms with E-state index in [4.69, 9.17) is 0 Å². The summed E-state index contributed by atoms with van der Waals surface area (Å²) in [5.74, 6) is 0.481. The number of aromatic nitrogens is 2. The third-order valence-corrected chi connectivity index (χ3v) is 4.61. The monoisotopic (exact) mass is 311 g/mol. The number of benzene rings is 2. The zero-order chi connectivity index (χ0) is 16.7. The zero-order valence-corrected chi connectivity index (χ0v) is 14.3. The van der Waals surface area contributed by atoms with Gasteiger partial charge in [0.25, 0.3) is 0 Å². The average Bonchev–Trinajstić information content (AvgIpc) is 2.85. The minimum absolute atomic E-state index is 0.147. The highest BCUT2D eigenvalue weighted by Crippen LogP contribution is 2.30. The van der Waals surface area contributed by atoms with Crippen LogP contribution in [-0.4, -0.2) is 16.6 Å². The molecular weight excluding hydrogens is 289 g/mol. The number of nitrogens with zero attached hydrogens (tertiary/aromatic N) is 3. The summed E-state index contributed by atoms with van der Waals surface area (Å²) in [6.45, 7) is 6.37. The predicted octanol–water partition coefficient (Wildman–Crippen LogP) is 4.53. The van der Waals surface area contributed by atoms with Crippen molar-refractivity contribution in [2.24, 2.45) is 7.05 Å². The van der Waals surface area contributed by atoms with Crippen LogP contribution >= 0.6 is 0 Å². The van der Waals surface area contributed by atoms with E-state index in [1.54, 1.807) is 6.07 Å². The summed E-state index contributed by atoms with van der Waals surface area (Å²) in [4.78, 5) is 6.61. The second kappa shape index (κ2) is 5.69. The fraction of sp³-hybridized carbons (Fsp3) is 0.316. The summed E-state index contributed by atoms with van der Waals surface area (Å²) in [5, 5.41) is 0. The molecule has 0 N–H and O–H groups in total. The minimum Gasteiger partial charge on any atom is -0.339 e. The van der Waals surface area contributed by atoms with E-state index in [9.17, 15) is 4.39 Å². The number of hydrogen-bond acceptors (Lipinski definition) is 2. The molecule has 1 unspecified atom stereocenters. The number of anilines is 1. The van der Waals surface area contributed by atoms with Gasteiger partial charge in [-0.2, -0.15) is 0 Å². The normalized spacial score (nSPS) is 12.6. The van der Waals surface area contributed by atoms with Gasteiger partial charge in [-0.1, -0.05) is 29.8 Å². The molecule has 0 aliphatic carbocycles. The molecule has 3 aromatic rings. The van der Waals surface area contributed by atoms with E-state index in [0.29, 0.717) is 5.52 Å². The molecule has 0 aliphatic rings. The first-order valence-electron chi connectivity index (χ1n) is 7.81. The molecule has 0 fully saturated rings. The largest absolute Gasteiger partial charge is 0.339 e. The molecule has 0 spiro atoms. The van der Waals surface area contributed by atoms with Crippen molar-refractivity contribution in [3.05, 3.63) is 58.9 Å². The molecule has 0 bridgehead atoms. The second-order valence-electron chi connectivity index (χ2n) is 6.23. The number of para-hydroxylation sites is 1. The van der Waals surface area contributed by atoms with Gasteiger partial charge in [0.1, 0.15) is 5.52 Å². The lowest BCUT2D eigenvalue weighted by atomic mass is 10.00. The van der Waals surface area contributed by atoms with Crippen LogP contribution in [0.2, 0.25) is 0 Å². The Labute approximate surface area is 136 Å². The Balaban J connectivity index is 2.04. The van der Waals surface area contributed by atoms with Gasteiger partial charge in [-0.15, -0.1) is 0 Å². The van der Waals surface area contributed by atoms with Crippen molar-refractivity contribution in [1.29, 1.82) is 0 Å². The van der Waals surface area contributed by atoms with Gasteiger partial charge in [0.2, 0.25) is 5.95 Å². The molecule has 23 heavy (non-hydrogen) atoms. The Morgan fingerprint density at radius 1 is 1.17 bits per heavy atom. The van der Waals surface area contributed by atoms with E-state index in [1.165, 1.54) is 22.8 Å². The van der Waals surface area contributed by atoms with Crippen LogP contribution in [0.25, 0.3) is 11.0 Å². The first-order valence-corrected chi connectivity index (χ1v) is 7.81. The van der Waals surface area contributed by atoms with Crippen molar-refractivity contribution in [3.8, 4) is 0 Å². The molecule has 1 heterocycles. The van der Waals surface area contributed by atoms with Crippen molar-refractivity contribution in [2.45, 2.75) is 26.8 Å². The molecule has 4 heteroatoms. The Kier molecular flexibility index (Phi) is 3.84. The SMILES string of the molecule is Cc1ccc(C(C)N(C)c2nc3c(F)cccc3n2C)c(C)c1. The average molecular weight is 311 g/mol. The zero-order valence-electron chi connectivity index (χ0n) is 14.3. The van der Waals surface area contributed by atoms with Crippen LogP contribution in [0.1, 0.15) is 29.7 Å². The molecule has 0 aliphatic heterocycles. The van der Waals surface area contributed by atoms with Crippen LogP contribution in [0.4, 0.5) is 10.3 Å². The van der Waals surface area contributed by atoms with E-state index in [-0.39, 0.29) is 11.9 Å². The number of imidazole rings is 1. The van der Waals surface area contributed by atoms with Crippen molar-refractivity contribution in [2.75, 3.05) is 11.9 Å². The maximum absolute atomic E-state index is 14.0. The molecule has 3 rings (SSSR count). The summed E-state index contributed by atoms with van der Waals surface area (Å²) >= 11 is 0. The van der Waals surface area contributed by atoms with Gasteiger partial charge in [-0.25, -0.2) is 9.37 Å². The Bertz CT molecular complexity index is 866. The fourth-order valence-corrected chi connectivity index (χ4v) is 3.16. The Morgan fingerprint density at radius 2 is 1.91 bits per heavy atom. The Morgan fingerprint density at radius 3 is 2.57 bits per heavy atom. The quantitative estimate of drug-likeness (QED) is 0.709. The topological polar surface area (TPSA) is 21.1 Å². The predicted molar refractivity (Wildman–Crippen MR) is 93.4 cm³/mol.